The number of anilines is 1. The van der Waals surface area contributed by atoms with Crippen molar-refractivity contribution in [3.05, 3.63) is 45.9 Å². The SMILES string of the molecule is Cc1ccsc1CNC(=O)c1ncccc1N. The molecule has 2 aromatic heterocycles. The smallest absolute Gasteiger partial charge is 0.272 e. The topological polar surface area (TPSA) is 68.0 Å². The van der Waals surface area contributed by atoms with Gasteiger partial charge in [-0.1, -0.05) is 0 Å². The van der Waals surface area contributed by atoms with E-state index in [1.54, 1.807) is 29.7 Å². The van der Waals surface area contributed by atoms with Gasteiger partial charge in [-0.3, -0.25) is 4.79 Å². The Hall–Kier alpha value is -1.88. The highest BCUT2D eigenvalue weighted by atomic mass is 32.1. The number of nitrogens with one attached hydrogen (secondary N) is 1. The maximum atomic E-state index is 11.8. The van der Waals surface area contributed by atoms with Crippen LogP contribution in [0.3, 0.4) is 0 Å². The number of carbonyl (C=O) groups excluding carboxylic acids is 1. The molecule has 2 heterocycles. The third kappa shape index (κ3) is 2.62. The van der Waals surface area contributed by atoms with Crippen LogP contribution in [0.1, 0.15) is 20.9 Å². The molecule has 2 rings (SSSR count). The largest absolute Gasteiger partial charge is 0.397 e. The highest BCUT2D eigenvalue weighted by Crippen LogP contribution is 2.15. The second-order valence-electron chi connectivity index (χ2n) is 3.65. The van der Waals surface area contributed by atoms with Gasteiger partial charge in [0, 0.05) is 11.1 Å². The Morgan fingerprint density at radius 2 is 2.35 bits per heavy atom. The molecule has 17 heavy (non-hydrogen) atoms. The van der Waals surface area contributed by atoms with Crippen LogP contribution in [0.2, 0.25) is 0 Å². The Balaban J connectivity index is 2.04. The number of nitrogen functional groups attached to an aromatic ring is 1. The Morgan fingerprint density at radius 1 is 1.53 bits per heavy atom. The lowest BCUT2D eigenvalue weighted by Gasteiger charge is -2.05. The predicted molar refractivity (Wildman–Crippen MR) is 68.9 cm³/mol. The van der Waals surface area contributed by atoms with E-state index in [4.69, 9.17) is 5.73 Å². The van der Waals surface area contributed by atoms with Crippen molar-refractivity contribution in [2.24, 2.45) is 0 Å². The fourth-order valence-electron chi connectivity index (χ4n) is 1.44. The number of amides is 1. The van der Waals surface area contributed by atoms with Crippen LogP contribution in [0.15, 0.2) is 29.8 Å². The number of aromatic nitrogens is 1. The molecule has 0 aliphatic rings. The van der Waals surface area contributed by atoms with Crippen molar-refractivity contribution in [1.29, 1.82) is 0 Å². The number of nitrogens with zero attached hydrogens (tertiary/aromatic N) is 1. The average Bonchev–Trinajstić information content (AvgIpc) is 2.72. The first-order valence-electron chi connectivity index (χ1n) is 5.20. The normalized spacial score (nSPS) is 10.2. The van der Waals surface area contributed by atoms with Gasteiger partial charge in [-0.25, -0.2) is 4.98 Å². The lowest BCUT2D eigenvalue weighted by Crippen LogP contribution is -2.24. The quantitative estimate of drug-likeness (QED) is 0.871. The average molecular weight is 247 g/mol. The van der Waals surface area contributed by atoms with Crippen LogP contribution in [0.4, 0.5) is 5.69 Å². The fraction of sp³-hybridized carbons (Fsp3) is 0.167. The van der Waals surface area contributed by atoms with Gasteiger partial charge in [-0.05, 0) is 36.1 Å². The molecule has 0 aromatic carbocycles. The summed E-state index contributed by atoms with van der Waals surface area (Å²) in [4.78, 5) is 16.9. The summed E-state index contributed by atoms with van der Waals surface area (Å²) >= 11 is 1.62. The Morgan fingerprint density at radius 3 is 3.00 bits per heavy atom. The molecule has 3 N–H and O–H groups in total. The van der Waals surface area contributed by atoms with Gasteiger partial charge in [0.05, 0.1) is 12.2 Å². The lowest BCUT2D eigenvalue weighted by molar-refractivity contribution is 0.0947. The monoisotopic (exact) mass is 247 g/mol. The zero-order chi connectivity index (χ0) is 12.3. The minimum absolute atomic E-state index is 0.240. The molecule has 0 radical (unpaired) electrons. The van der Waals surface area contributed by atoms with Gasteiger partial charge in [-0.15, -0.1) is 11.3 Å². The molecule has 0 fully saturated rings. The van der Waals surface area contributed by atoms with Crippen LogP contribution in [0.25, 0.3) is 0 Å². The van der Waals surface area contributed by atoms with Gasteiger partial charge in [0.1, 0.15) is 0 Å². The predicted octanol–water partition coefficient (Wildman–Crippen LogP) is 1.96. The summed E-state index contributed by atoms with van der Waals surface area (Å²) < 4.78 is 0. The molecule has 0 saturated carbocycles. The zero-order valence-electron chi connectivity index (χ0n) is 9.43. The number of hydrogen-bond donors (Lipinski definition) is 2. The number of rotatable bonds is 3. The van der Waals surface area contributed by atoms with Crippen LogP contribution in [-0.2, 0) is 6.54 Å². The van der Waals surface area contributed by atoms with Crippen LogP contribution in [0.5, 0.6) is 0 Å². The Bertz CT molecular complexity index is 536. The summed E-state index contributed by atoms with van der Waals surface area (Å²) in [5.41, 5.74) is 7.54. The van der Waals surface area contributed by atoms with Crippen molar-refractivity contribution in [2.75, 3.05) is 5.73 Å². The first-order chi connectivity index (χ1) is 8.18. The minimum Gasteiger partial charge on any atom is -0.397 e. The van der Waals surface area contributed by atoms with E-state index in [2.05, 4.69) is 10.3 Å². The number of pyridine rings is 1. The number of thiophene rings is 1. The van der Waals surface area contributed by atoms with Crippen molar-refractivity contribution >= 4 is 22.9 Å². The summed E-state index contributed by atoms with van der Waals surface area (Å²) in [5, 5.41) is 4.82. The Labute approximate surface area is 103 Å². The van der Waals surface area contributed by atoms with Crippen molar-refractivity contribution < 1.29 is 4.79 Å². The van der Waals surface area contributed by atoms with Gasteiger partial charge in [0.15, 0.2) is 5.69 Å². The van der Waals surface area contributed by atoms with Crippen LogP contribution in [0, 0.1) is 6.92 Å². The van der Waals surface area contributed by atoms with Crippen molar-refractivity contribution in [2.45, 2.75) is 13.5 Å². The van der Waals surface area contributed by atoms with E-state index >= 15 is 0 Å². The number of aryl methyl sites for hydroxylation is 1. The molecular formula is C12H13N3OS. The molecule has 0 atom stereocenters. The second-order valence-corrected chi connectivity index (χ2v) is 4.65. The van der Waals surface area contributed by atoms with Crippen LogP contribution in [-0.4, -0.2) is 10.9 Å². The van der Waals surface area contributed by atoms with Gasteiger partial charge in [-0.2, -0.15) is 0 Å². The molecule has 0 unspecified atom stereocenters. The van der Waals surface area contributed by atoms with Crippen molar-refractivity contribution in [3.8, 4) is 0 Å². The van der Waals surface area contributed by atoms with Gasteiger partial charge < -0.3 is 11.1 Å². The highest BCUT2D eigenvalue weighted by molar-refractivity contribution is 7.10. The van der Waals surface area contributed by atoms with E-state index in [9.17, 15) is 4.79 Å². The minimum atomic E-state index is -0.240. The van der Waals surface area contributed by atoms with Gasteiger partial charge in [0.25, 0.3) is 5.91 Å². The number of hydrogen-bond acceptors (Lipinski definition) is 4. The van der Waals surface area contributed by atoms with E-state index in [0.717, 1.165) is 4.88 Å². The third-order valence-electron chi connectivity index (χ3n) is 2.43. The summed E-state index contributed by atoms with van der Waals surface area (Å²) in [6.07, 6.45) is 1.56. The van der Waals surface area contributed by atoms with E-state index in [-0.39, 0.29) is 11.6 Å². The van der Waals surface area contributed by atoms with Crippen LogP contribution < -0.4 is 11.1 Å². The van der Waals surface area contributed by atoms with Gasteiger partial charge in [0.2, 0.25) is 0 Å². The lowest BCUT2D eigenvalue weighted by atomic mass is 10.2. The third-order valence-corrected chi connectivity index (χ3v) is 3.45. The molecule has 88 valence electrons. The van der Waals surface area contributed by atoms with E-state index < -0.39 is 0 Å². The zero-order valence-corrected chi connectivity index (χ0v) is 10.3. The van der Waals surface area contributed by atoms with Gasteiger partial charge >= 0.3 is 0 Å². The number of nitrogens with two attached hydrogens (primary N) is 1. The molecular weight excluding hydrogens is 234 g/mol. The molecule has 4 nitrogen and oxygen atoms in total. The summed E-state index contributed by atoms with van der Waals surface area (Å²) in [5.74, 6) is -0.240. The van der Waals surface area contributed by atoms with E-state index in [1.165, 1.54) is 5.56 Å². The summed E-state index contributed by atoms with van der Waals surface area (Å²) in [7, 11) is 0. The maximum absolute atomic E-state index is 11.8. The summed E-state index contributed by atoms with van der Waals surface area (Å²) in [6.45, 7) is 2.53. The van der Waals surface area contributed by atoms with E-state index in [0.29, 0.717) is 12.2 Å². The van der Waals surface area contributed by atoms with Crippen molar-refractivity contribution in [3.63, 3.8) is 0 Å². The standard InChI is InChI=1S/C12H13N3OS/c1-8-4-6-17-10(8)7-15-12(16)11-9(13)3-2-5-14-11/h2-6H,7,13H2,1H3,(H,15,16). The molecule has 0 aliphatic heterocycles. The molecule has 0 spiro atoms. The fourth-order valence-corrected chi connectivity index (χ4v) is 2.28. The second kappa shape index (κ2) is 4.97. The highest BCUT2D eigenvalue weighted by Gasteiger charge is 2.10. The van der Waals surface area contributed by atoms with Crippen molar-refractivity contribution in [1.82, 2.24) is 10.3 Å². The van der Waals surface area contributed by atoms with E-state index in [1.807, 2.05) is 18.4 Å². The molecule has 5 heteroatoms. The molecule has 2 aromatic rings. The molecule has 0 saturated heterocycles. The number of carbonyl (C=O) groups is 1. The first kappa shape index (κ1) is 11.6. The first-order valence-corrected chi connectivity index (χ1v) is 6.08. The molecule has 0 aliphatic carbocycles. The maximum Gasteiger partial charge on any atom is 0.272 e. The van der Waals surface area contributed by atoms with Crippen LogP contribution >= 0.6 is 11.3 Å². The molecule has 1 amide bonds. The summed E-state index contributed by atoms with van der Waals surface area (Å²) in [6, 6.07) is 5.40. The molecule has 0 bridgehead atoms. The Kier molecular flexibility index (Phi) is 3.39.